The number of anilines is 1. The van der Waals surface area contributed by atoms with E-state index in [1.54, 1.807) is 18.2 Å². The van der Waals surface area contributed by atoms with Gasteiger partial charge in [-0.25, -0.2) is 12.8 Å². The van der Waals surface area contributed by atoms with Crippen molar-refractivity contribution in [3.05, 3.63) is 58.3 Å². The highest BCUT2D eigenvalue weighted by Gasteiger charge is 2.29. The Kier molecular flexibility index (Phi) is 6.57. The number of hydrogen-bond acceptors (Lipinski definition) is 4. The maximum atomic E-state index is 13.4. The lowest BCUT2D eigenvalue weighted by atomic mass is 10.3. The summed E-state index contributed by atoms with van der Waals surface area (Å²) in [5.74, 6) is -0.897. The number of para-hydroxylation sites is 1. The molecule has 0 unspecified atom stereocenters. The quantitative estimate of drug-likeness (QED) is 0.767. The second kappa shape index (κ2) is 8.75. The summed E-state index contributed by atoms with van der Waals surface area (Å²) in [7, 11) is -3.76. The molecular weight excluding hydrogens is 428 g/mol. The number of nitrogens with one attached hydrogen (secondary N) is 1. The predicted octanol–water partition coefficient (Wildman–Crippen LogP) is 3.08. The number of nitrogens with zero attached hydrogens (tertiary/aromatic N) is 2. The van der Waals surface area contributed by atoms with Crippen LogP contribution in [0.2, 0.25) is 10.0 Å². The van der Waals surface area contributed by atoms with Crippen molar-refractivity contribution in [1.29, 1.82) is 0 Å². The van der Waals surface area contributed by atoms with Crippen LogP contribution in [0.15, 0.2) is 47.4 Å². The maximum absolute atomic E-state index is 13.4. The van der Waals surface area contributed by atoms with Gasteiger partial charge >= 0.3 is 0 Å². The van der Waals surface area contributed by atoms with E-state index in [2.05, 4.69) is 5.32 Å². The topological polar surface area (TPSA) is 69.7 Å². The summed E-state index contributed by atoms with van der Waals surface area (Å²) in [6.45, 7) is 1.24. The van der Waals surface area contributed by atoms with Gasteiger partial charge in [-0.2, -0.15) is 4.31 Å². The standard InChI is InChI=1S/C18H18Cl2FN3O3S/c19-15-5-2-6-16(20)18(15)22-17(25)12-23-7-9-24(10-8-23)28(26,27)14-4-1-3-13(21)11-14/h1-6,11H,7-10,12H2,(H,22,25). The van der Waals surface area contributed by atoms with E-state index in [4.69, 9.17) is 23.2 Å². The minimum Gasteiger partial charge on any atom is -0.322 e. The summed E-state index contributed by atoms with van der Waals surface area (Å²) in [4.78, 5) is 14.0. The number of amides is 1. The van der Waals surface area contributed by atoms with E-state index in [-0.39, 0.29) is 30.4 Å². The summed E-state index contributed by atoms with van der Waals surface area (Å²) in [6, 6.07) is 9.86. The zero-order valence-corrected chi connectivity index (χ0v) is 17.1. The normalized spacial score (nSPS) is 16.1. The van der Waals surface area contributed by atoms with E-state index in [0.29, 0.717) is 28.8 Å². The molecule has 1 fully saturated rings. The lowest BCUT2D eigenvalue weighted by molar-refractivity contribution is -0.117. The molecule has 0 bridgehead atoms. The van der Waals surface area contributed by atoms with Crippen LogP contribution in [0.1, 0.15) is 0 Å². The van der Waals surface area contributed by atoms with Crippen LogP contribution in [0.4, 0.5) is 10.1 Å². The third kappa shape index (κ3) is 4.82. The number of halogens is 3. The van der Waals surface area contributed by atoms with Gasteiger partial charge in [0.05, 0.1) is 27.2 Å². The van der Waals surface area contributed by atoms with Crippen molar-refractivity contribution >= 4 is 44.8 Å². The van der Waals surface area contributed by atoms with Gasteiger partial charge in [0.1, 0.15) is 5.82 Å². The largest absolute Gasteiger partial charge is 0.322 e. The Hall–Kier alpha value is -1.71. The lowest BCUT2D eigenvalue weighted by Gasteiger charge is -2.33. The van der Waals surface area contributed by atoms with Crippen molar-refractivity contribution in [3.8, 4) is 0 Å². The molecule has 1 aliphatic rings. The van der Waals surface area contributed by atoms with Gasteiger partial charge in [0, 0.05) is 26.2 Å². The zero-order valence-electron chi connectivity index (χ0n) is 14.7. The second-order valence-electron chi connectivity index (χ2n) is 6.28. The molecule has 0 aromatic heterocycles. The van der Waals surface area contributed by atoms with E-state index in [0.717, 1.165) is 6.07 Å². The monoisotopic (exact) mass is 445 g/mol. The first-order valence-electron chi connectivity index (χ1n) is 8.49. The third-order valence-corrected chi connectivity index (χ3v) is 6.88. The van der Waals surface area contributed by atoms with Crippen LogP contribution < -0.4 is 5.32 Å². The molecule has 28 heavy (non-hydrogen) atoms. The van der Waals surface area contributed by atoms with Crippen molar-refractivity contribution in [2.24, 2.45) is 0 Å². The van der Waals surface area contributed by atoms with Gasteiger partial charge in [0.2, 0.25) is 15.9 Å². The predicted molar refractivity (Wildman–Crippen MR) is 107 cm³/mol. The Morgan fingerprint density at radius 2 is 1.64 bits per heavy atom. The van der Waals surface area contributed by atoms with Crippen LogP contribution in [0, 0.1) is 5.82 Å². The number of benzene rings is 2. The molecule has 3 rings (SSSR count). The molecule has 0 spiro atoms. The first kappa shape index (κ1) is 21.0. The molecule has 1 heterocycles. The van der Waals surface area contributed by atoms with Crippen LogP contribution in [-0.2, 0) is 14.8 Å². The molecule has 0 aliphatic carbocycles. The number of piperazine rings is 1. The van der Waals surface area contributed by atoms with Crippen molar-refractivity contribution in [3.63, 3.8) is 0 Å². The Morgan fingerprint density at radius 3 is 2.25 bits per heavy atom. The Bertz CT molecular complexity index is 960. The Morgan fingerprint density at radius 1 is 1.04 bits per heavy atom. The van der Waals surface area contributed by atoms with E-state index in [1.165, 1.54) is 22.5 Å². The van der Waals surface area contributed by atoms with Crippen molar-refractivity contribution < 1.29 is 17.6 Å². The zero-order chi connectivity index (χ0) is 20.3. The Balaban J connectivity index is 1.57. The van der Waals surface area contributed by atoms with Gasteiger partial charge in [-0.05, 0) is 30.3 Å². The minimum atomic E-state index is -3.76. The van der Waals surface area contributed by atoms with Crippen LogP contribution in [0.3, 0.4) is 0 Å². The number of carbonyl (C=O) groups is 1. The van der Waals surface area contributed by atoms with Crippen molar-refractivity contribution in [2.45, 2.75) is 4.90 Å². The van der Waals surface area contributed by atoms with Gasteiger partial charge < -0.3 is 5.32 Å². The number of hydrogen-bond donors (Lipinski definition) is 1. The SMILES string of the molecule is O=C(CN1CCN(S(=O)(=O)c2cccc(F)c2)CC1)Nc1c(Cl)cccc1Cl. The smallest absolute Gasteiger partial charge is 0.243 e. The molecule has 2 aromatic rings. The maximum Gasteiger partial charge on any atom is 0.243 e. The summed E-state index contributed by atoms with van der Waals surface area (Å²) >= 11 is 12.1. The number of sulfonamides is 1. The molecule has 6 nitrogen and oxygen atoms in total. The van der Waals surface area contributed by atoms with Gasteiger partial charge in [-0.1, -0.05) is 35.3 Å². The average molecular weight is 446 g/mol. The van der Waals surface area contributed by atoms with Crippen molar-refractivity contribution in [1.82, 2.24) is 9.21 Å². The highest BCUT2D eigenvalue weighted by molar-refractivity contribution is 7.89. The van der Waals surface area contributed by atoms with Gasteiger partial charge in [-0.15, -0.1) is 0 Å². The van der Waals surface area contributed by atoms with Crippen LogP contribution in [0.5, 0.6) is 0 Å². The molecule has 10 heteroatoms. The third-order valence-electron chi connectivity index (χ3n) is 4.36. The summed E-state index contributed by atoms with van der Waals surface area (Å²) in [5.41, 5.74) is 0.350. The van der Waals surface area contributed by atoms with Crippen LogP contribution >= 0.6 is 23.2 Å². The van der Waals surface area contributed by atoms with E-state index >= 15 is 0 Å². The molecule has 0 saturated carbocycles. The van der Waals surface area contributed by atoms with Gasteiger partial charge in [-0.3, -0.25) is 9.69 Å². The molecule has 1 saturated heterocycles. The fraction of sp³-hybridized carbons (Fsp3) is 0.278. The fourth-order valence-electron chi connectivity index (χ4n) is 2.90. The van der Waals surface area contributed by atoms with Crippen LogP contribution in [0.25, 0.3) is 0 Å². The first-order valence-corrected chi connectivity index (χ1v) is 10.7. The minimum absolute atomic E-state index is 0.0768. The van der Waals surface area contributed by atoms with Gasteiger partial charge in [0.25, 0.3) is 0 Å². The molecule has 1 aliphatic heterocycles. The van der Waals surface area contributed by atoms with E-state index in [9.17, 15) is 17.6 Å². The summed E-state index contributed by atoms with van der Waals surface area (Å²) < 4.78 is 39.9. The molecule has 1 N–H and O–H groups in total. The summed E-state index contributed by atoms with van der Waals surface area (Å²) in [5, 5.41) is 3.36. The van der Waals surface area contributed by atoms with Crippen LogP contribution in [-0.4, -0.2) is 56.3 Å². The van der Waals surface area contributed by atoms with Gasteiger partial charge in [0.15, 0.2) is 0 Å². The molecule has 0 radical (unpaired) electrons. The van der Waals surface area contributed by atoms with E-state index in [1.807, 2.05) is 4.90 Å². The lowest BCUT2D eigenvalue weighted by Crippen LogP contribution is -2.50. The molecular formula is C18H18Cl2FN3O3S. The van der Waals surface area contributed by atoms with E-state index < -0.39 is 15.8 Å². The Labute approximate surface area is 172 Å². The molecule has 1 amide bonds. The average Bonchev–Trinajstić information content (AvgIpc) is 2.65. The highest BCUT2D eigenvalue weighted by Crippen LogP contribution is 2.29. The molecule has 2 aromatic carbocycles. The fourth-order valence-corrected chi connectivity index (χ4v) is 4.85. The first-order chi connectivity index (χ1) is 13.3. The second-order valence-corrected chi connectivity index (χ2v) is 9.03. The summed E-state index contributed by atoms with van der Waals surface area (Å²) in [6.07, 6.45) is 0. The molecule has 150 valence electrons. The number of carbonyl (C=O) groups excluding carboxylic acids is 1. The van der Waals surface area contributed by atoms with Crippen molar-refractivity contribution in [2.75, 3.05) is 38.0 Å². The molecule has 0 atom stereocenters. The highest BCUT2D eigenvalue weighted by atomic mass is 35.5. The number of rotatable bonds is 5.